The van der Waals surface area contributed by atoms with Crippen molar-refractivity contribution in [2.75, 3.05) is 0 Å². The summed E-state index contributed by atoms with van der Waals surface area (Å²) in [6.07, 6.45) is 2.85. The Morgan fingerprint density at radius 2 is 1.86 bits per heavy atom. The van der Waals surface area contributed by atoms with Crippen LogP contribution in [0.15, 0.2) is 30.3 Å². The summed E-state index contributed by atoms with van der Waals surface area (Å²) in [5.74, 6) is -1.54. The van der Waals surface area contributed by atoms with Crippen LogP contribution in [0.25, 0.3) is 6.08 Å². The van der Waals surface area contributed by atoms with Gasteiger partial charge in [-0.15, -0.1) is 0 Å². The number of nitriles is 1. The first-order valence-corrected chi connectivity index (χ1v) is 6.45. The summed E-state index contributed by atoms with van der Waals surface area (Å²) in [6.45, 7) is 5.24. The Morgan fingerprint density at radius 3 is 2.29 bits per heavy atom. The number of benzene rings is 1. The van der Waals surface area contributed by atoms with Crippen LogP contribution in [0, 0.1) is 16.7 Å². The molecule has 0 aliphatic carbocycles. The van der Waals surface area contributed by atoms with Gasteiger partial charge in [0.1, 0.15) is 6.04 Å². The van der Waals surface area contributed by atoms with Crippen LogP contribution >= 0.6 is 0 Å². The molecule has 0 fully saturated rings. The van der Waals surface area contributed by atoms with E-state index in [1.165, 1.54) is 6.08 Å². The van der Waals surface area contributed by atoms with Gasteiger partial charge < -0.3 is 10.4 Å². The molecular formula is C16H18N2O3. The van der Waals surface area contributed by atoms with Crippen molar-refractivity contribution < 1.29 is 14.7 Å². The number of aliphatic carboxylic acids is 1. The zero-order valence-electron chi connectivity index (χ0n) is 12.3. The van der Waals surface area contributed by atoms with Gasteiger partial charge in [-0.25, -0.2) is 4.79 Å². The molecule has 2 N–H and O–H groups in total. The molecule has 0 radical (unpaired) electrons. The summed E-state index contributed by atoms with van der Waals surface area (Å²) in [5, 5.41) is 20.3. The molecule has 0 aliphatic rings. The lowest BCUT2D eigenvalue weighted by atomic mass is 9.87. The molecule has 1 atom stereocenters. The van der Waals surface area contributed by atoms with Gasteiger partial charge in [0.05, 0.1) is 11.6 Å². The zero-order chi connectivity index (χ0) is 16.0. The number of carboxylic acid groups (broad SMARTS) is 1. The second-order valence-corrected chi connectivity index (χ2v) is 5.71. The molecule has 0 heterocycles. The Morgan fingerprint density at radius 1 is 1.29 bits per heavy atom. The van der Waals surface area contributed by atoms with Crippen LogP contribution in [0.1, 0.15) is 31.9 Å². The maximum absolute atomic E-state index is 11.8. The zero-order valence-corrected chi connectivity index (χ0v) is 12.3. The SMILES string of the molecule is CC(C)(C)[C@@H](NC(=O)/C=C/c1ccc(C#N)cc1)C(=O)O. The Bertz CT molecular complexity index is 589. The van der Waals surface area contributed by atoms with Gasteiger partial charge in [0.15, 0.2) is 0 Å². The average molecular weight is 286 g/mol. The lowest BCUT2D eigenvalue weighted by Crippen LogP contribution is -2.48. The highest BCUT2D eigenvalue weighted by Gasteiger charge is 2.31. The van der Waals surface area contributed by atoms with Crippen LogP contribution < -0.4 is 5.32 Å². The lowest BCUT2D eigenvalue weighted by molar-refractivity contribution is -0.144. The molecule has 21 heavy (non-hydrogen) atoms. The molecule has 1 aromatic carbocycles. The van der Waals surface area contributed by atoms with Crippen molar-refractivity contribution in [2.45, 2.75) is 26.8 Å². The van der Waals surface area contributed by atoms with Gasteiger partial charge in [-0.2, -0.15) is 5.26 Å². The van der Waals surface area contributed by atoms with Crippen LogP contribution in [0.4, 0.5) is 0 Å². The number of rotatable bonds is 4. The second kappa shape index (κ2) is 6.71. The molecule has 0 aromatic heterocycles. The number of amides is 1. The smallest absolute Gasteiger partial charge is 0.326 e. The van der Waals surface area contributed by atoms with E-state index in [1.54, 1.807) is 51.1 Å². The topological polar surface area (TPSA) is 90.2 Å². The molecular weight excluding hydrogens is 268 g/mol. The van der Waals surface area contributed by atoms with Gasteiger partial charge in [-0.05, 0) is 29.2 Å². The lowest BCUT2D eigenvalue weighted by Gasteiger charge is -2.27. The van der Waals surface area contributed by atoms with Gasteiger partial charge in [0.2, 0.25) is 5.91 Å². The normalized spacial score (nSPS) is 12.7. The predicted octanol–water partition coefficient (Wildman–Crippen LogP) is 2.19. The molecule has 0 saturated carbocycles. The third-order valence-corrected chi connectivity index (χ3v) is 2.87. The fourth-order valence-electron chi connectivity index (χ4n) is 1.68. The second-order valence-electron chi connectivity index (χ2n) is 5.71. The maximum atomic E-state index is 11.8. The fourth-order valence-corrected chi connectivity index (χ4v) is 1.68. The summed E-state index contributed by atoms with van der Waals surface area (Å²) in [5.41, 5.74) is 0.714. The molecule has 5 heteroatoms. The summed E-state index contributed by atoms with van der Waals surface area (Å²) in [7, 11) is 0. The van der Waals surface area contributed by atoms with Crippen LogP contribution in [0.3, 0.4) is 0 Å². The van der Waals surface area contributed by atoms with E-state index < -0.39 is 23.3 Å². The van der Waals surface area contributed by atoms with E-state index in [-0.39, 0.29) is 0 Å². The molecule has 0 saturated heterocycles. The van der Waals surface area contributed by atoms with E-state index >= 15 is 0 Å². The predicted molar refractivity (Wildman–Crippen MR) is 79.2 cm³/mol. The third kappa shape index (κ3) is 5.11. The fraction of sp³-hybridized carbons (Fsp3) is 0.312. The van der Waals surface area contributed by atoms with E-state index in [9.17, 15) is 9.59 Å². The van der Waals surface area contributed by atoms with Gasteiger partial charge in [0.25, 0.3) is 0 Å². The number of carbonyl (C=O) groups is 2. The number of hydrogen-bond acceptors (Lipinski definition) is 3. The van der Waals surface area contributed by atoms with Gasteiger partial charge in [0, 0.05) is 6.08 Å². The molecule has 110 valence electrons. The van der Waals surface area contributed by atoms with Crippen molar-refractivity contribution in [3.63, 3.8) is 0 Å². The first-order chi connectivity index (χ1) is 9.74. The number of nitrogens with one attached hydrogen (secondary N) is 1. The standard InChI is InChI=1S/C16H18N2O3/c1-16(2,3)14(15(20)21)18-13(19)9-8-11-4-6-12(10-17)7-5-11/h4-9,14H,1-3H3,(H,18,19)(H,20,21)/b9-8+/t14-/m0/s1. The average Bonchev–Trinajstić information content (AvgIpc) is 2.41. The van der Waals surface area contributed by atoms with Crippen molar-refractivity contribution in [1.29, 1.82) is 5.26 Å². The van der Waals surface area contributed by atoms with Crippen LogP contribution in [0.5, 0.6) is 0 Å². The summed E-state index contributed by atoms with van der Waals surface area (Å²) < 4.78 is 0. The van der Waals surface area contributed by atoms with Gasteiger partial charge >= 0.3 is 5.97 Å². The molecule has 1 amide bonds. The molecule has 0 spiro atoms. The number of nitrogens with zero attached hydrogens (tertiary/aromatic N) is 1. The van der Waals surface area contributed by atoms with E-state index in [4.69, 9.17) is 10.4 Å². The molecule has 1 aromatic rings. The molecule has 5 nitrogen and oxygen atoms in total. The van der Waals surface area contributed by atoms with Crippen LogP contribution in [-0.2, 0) is 9.59 Å². The van der Waals surface area contributed by atoms with Crippen molar-refractivity contribution in [3.05, 3.63) is 41.5 Å². The minimum Gasteiger partial charge on any atom is -0.480 e. The first kappa shape index (κ1) is 16.4. The third-order valence-electron chi connectivity index (χ3n) is 2.87. The van der Waals surface area contributed by atoms with Crippen molar-refractivity contribution >= 4 is 18.0 Å². The Kier molecular flexibility index (Phi) is 5.25. The number of carbonyl (C=O) groups excluding carboxylic acids is 1. The molecule has 0 bridgehead atoms. The largest absolute Gasteiger partial charge is 0.480 e. The van der Waals surface area contributed by atoms with Gasteiger partial charge in [-0.3, -0.25) is 4.79 Å². The minimum absolute atomic E-state index is 0.471. The van der Waals surface area contributed by atoms with E-state index in [1.807, 2.05) is 6.07 Å². The first-order valence-electron chi connectivity index (χ1n) is 6.45. The highest BCUT2D eigenvalue weighted by atomic mass is 16.4. The van der Waals surface area contributed by atoms with Gasteiger partial charge in [-0.1, -0.05) is 32.9 Å². The highest BCUT2D eigenvalue weighted by molar-refractivity contribution is 5.94. The van der Waals surface area contributed by atoms with Crippen LogP contribution in [0.2, 0.25) is 0 Å². The van der Waals surface area contributed by atoms with Crippen molar-refractivity contribution in [2.24, 2.45) is 5.41 Å². The minimum atomic E-state index is -1.07. The summed E-state index contributed by atoms with van der Waals surface area (Å²) in [4.78, 5) is 22.9. The van der Waals surface area contributed by atoms with Crippen molar-refractivity contribution in [1.82, 2.24) is 5.32 Å². The molecule has 0 unspecified atom stereocenters. The van der Waals surface area contributed by atoms with E-state index in [0.717, 1.165) is 5.56 Å². The van der Waals surface area contributed by atoms with Crippen LogP contribution in [-0.4, -0.2) is 23.0 Å². The Balaban J connectivity index is 2.74. The number of hydrogen-bond donors (Lipinski definition) is 2. The summed E-state index contributed by atoms with van der Waals surface area (Å²) >= 11 is 0. The summed E-state index contributed by atoms with van der Waals surface area (Å²) in [6, 6.07) is 7.75. The number of carboxylic acids is 1. The maximum Gasteiger partial charge on any atom is 0.326 e. The Hall–Kier alpha value is -2.61. The Labute approximate surface area is 123 Å². The quantitative estimate of drug-likeness (QED) is 0.830. The van der Waals surface area contributed by atoms with Crippen molar-refractivity contribution in [3.8, 4) is 6.07 Å². The highest BCUT2D eigenvalue weighted by Crippen LogP contribution is 2.19. The van der Waals surface area contributed by atoms with E-state index in [0.29, 0.717) is 5.56 Å². The van der Waals surface area contributed by atoms with E-state index in [2.05, 4.69) is 5.32 Å². The molecule has 0 aliphatic heterocycles. The molecule has 1 rings (SSSR count). The monoisotopic (exact) mass is 286 g/mol.